The number of hydrogen-bond acceptors (Lipinski definition) is 7. The number of rotatable bonds is 5. The van der Waals surface area contributed by atoms with Crippen molar-refractivity contribution in [3.8, 4) is 0 Å². The predicted octanol–water partition coefficient (Wildman–Crippen LogP) is 2.39. The molecule has 35 heavy (non-hydrogen) atoms. The van der Waals surface area contributed by atoms with E-state index < -0.39 is 22.5 Å². The molecule has 1 atom stereocenters. The van der Waals surface area contributed by atoms with Crippen LogP contribution >= 0.6 is 11.8 Å². The molecule has 4 heterocycles. The summed E-state index contributed by atoms with van der Waals surface area (Å²) in [6.45, 7) is 6.98. The van der Waals surface area contributed by atoms with Crippen LogP contribution < -0.4 is 21.1 Å². The lowest BCUT2D eigenvalue weighted by atomic mass is 10.1. The summed E-state index contributed by atoms with van der Waals surface area (Å²) in [4.78, 5) is 40.9. The summed E-state index contributed by atoms with van der Waals surface area (Å²) in [5.74, 6) is -0.141. The number of carbonyl (C=O) groups excluding carboxylic acids is 2. The zero-order valence-electron chi connectivity index (χ0n) is 19.5. The Morgan fingerprint density at radius 1 is 1.26 bits per heavy atom. The van der Waals surface area contributed by atoms with Crippen LogP contribution in [0, 0.1) is 12.7 Å². The Morgan fingerprint density at radius 2 is 2.03 bits per heavy atom. The Balaban J connectivity index is 1.50. The number of halogens is 1. The van der Waals surface area contributed by atoms with Gasteiger partial charge in [-0.25, -0.2) is 9.40 Å². The molecule has 2 amide bonds. The number of nitrogens with one attached hydrogen (secondary N) is 2. The van der Waals surface area contributed by atoms with Crippen LogP contribution in [0.15, 0.2) is 39.7 Å². The van der Waals surface area contributed by atoms with Crippen molar-refractivity contribution in [3.05, 3.63) is 63.6 Å². The highest BCUT2D eigenvalue weighted by Gasteiger charge is 2.37. The third kappa shape index (κ3) is 4.30. The number of aromatic nitrogens is 1. The molecular weight excluding hydrogens is 473 g/mol. The first-order valence-corrected chi connectivity index (χ1v) is 12.6. The molecule has 0 aliphatic carbocycles. The minimum Gasteiger partial charge on any atom is -0.463 e. The third-order valence-electron chi connectivity index (χ3n) is 6.29. The fraction of sp³-hybridized carbons (Fsp3) is 0.375. The van der Waals surface area contributed by atoms with Crippen LogP contribution in [0.3, 0.4) is 0 Å². The summed E-state index contributed by atoms with van der Waals surface area (Å²) in [7, 11) is 0. The van der Waals surface area contributed by atoms with Crippen LogP contribution in [-0.4, -0.2) is 53.3 Å². The molecular formula is C24H26FN5O4S. The van der Waals surface area contributed by atoms with E-state index in [1.165, 1.54) is 29.0 Å². The molecule has 11 heteroatoms. The van der Waals surface area contributed by atoms with E-state index in [1.54, 1.807) is 29.7 Å². The molecule has 2 saturated heterocycles. The highest BCUT2D eigenvalue weighted by Crippen LogP contribution is 2.38. The smallest absolute Gasteiger partial charge is 0.275 e. The van der Waals surface area contributed by atoms with Crippen LogP contribution in [0.2, 0.25) is 0 Å². The van der Waals surface area contributed by atoms with Crippen molar-refractivity contribution in [2.24, 2.45) is 0 Å². The summed E-state index contributed by atoms with van der Waals surface area (Å²) < 4.78 is 22.5. The van der Waals surface area contributed by atoms with E-state index in [-0.39, 0.29) is 22.6 Å². The summed E-state index contributed by atoms with van der Waals surface area (Å²) in [6, 6.07) is 6.43. The van der Waals surface area contributed by atoms with E-state index in [0.29, 0.717) is 42.4 Å². The Labute approximate surface area is 205 Å². The largest absolute Gasteiger partial charge is 0.463 e. The molecule has 2 aliphatic rings. The first-order chi connectivity index (χ1) is 16.9. The first-order valence-electron chi connectivity index (χ1n) is 11.5. The van der Waals surface area contributed by atoms with Gasteiger partial charge in [0, 0.05) is 44.3 Å². The van der Waals surface area contributed by atoms with Crippen LogP contribution in [0.4, 0.5) is 10.1 Å². The van der Waals surface area contributed by atoms with Gasteiger partial charge in [0.15, 0.2) is 5.37 Å². The van der Waals surface area contributed by atoms with Gasteiger partial charge in [0.1, 0.15) is 22.9 Å². The SMILES string of the molecule is CCn1cc(C(=O)NN2C(=O)CSC2c2ccc(C)o2)c(=O)c2cc(F)c(N3CCNCC3)cc21. The highest BCUT2D eigenvalue weighted by atomic mass is 32.2. The number of carbonyl (C=O) groups is 2. The minimum atomic E-state index is -0.727. The molecule has 2 fully saturated rings. The second-order valence-corrected chi connectivity index (χ2v) is 9.60. The Kier molecular flexibility index (Phi) is 6.28. The quantitative estimate of drug-likeness (QED) is 0.556. The zero-order chi connectivity index (χ0) is 24.7. The van der Waals surface area contributed by atoms with Crippen molar-refractivity contribution in [2.75, 3.05) is 36.8 Å². The van der Waals surface area contributed by atoms with Gasteiger partial charge in [-0.1, -0.05) is 0 Å². The van der Waals surface area contributed by atoms with Crippen molar-refractivity contribution in [1.29, 1.82) is 0 Å². The Bertz CT molecular complexity index is 1360. The third-order valence-corrected chi connectivity index (χ3v) is 7.46. The number of furan rings is 1. The van der Waals surface area contributed by atoms with Gasteiger partial charge in [-0.05, 0) is 38.1 Å². The maximum absolute atomic E-state index is 15.1. The number of anilines is 1. The van der Waals surface area contributed by atoms with Crippen molar-refractivity contribution < 1.29 is 18.4 Å². The molecule has 0 spiro atoms. The number of aryl methyl sites for hydroxylation is 2. The van der Waals surface area contributed by atoms with Gasteiger partial charge in [-0.15, -0.1) is 11.8 Å². The Morgan fingerprint density at radius 3 is 2.71 bits per heavy atom. The minimum absolute atomic E-state index is 0.121. The highest BCUT2D eigenvalue weighted by molar-refractivity contribution is 8.00. The molecule has 1 aromatic carbocycles. The van der Waals surface area contributed by atoms with Crippen molar-refractivity contribution in [1.82, 2.24) is 20.3 Å². The predicted molar refractivity (Wildman–Crippen MR) is 132 cm³/mol. The first kappa shape index (κ1) is 23.4. The maximum atomic E-state index is 15.1. The van der Waals surface area contributed by atoms with E-state index in [0.717, 1.165) is 13.1 Å². The van der Waals surface area contributed by atoms with Crippen LogP contribution in [0.25, 0.3) is 10.9 Å². The van der Waals surface area contributed by atoms with Gasteiger partial charge >= 0.3 is 0 Å². The van der Waals surface area contributed by atoms with Crippen molar-refractivity contribution >= 4 is 40.2 Å². The standard InChI is InChI=1S/C24H26FN5O4S/c1-3-28-12-16(23(33)27-30-21(31)13-35-24(30)20-5-4-14(2)34-20)22(32)15-10-17(25)19(11-18(15)28)29-8-6-26-7-9-29/h4-5,10-12,24,26H,3,6-9,13H2,1-2H3,(H,27,33). The molecule has 184 valence electrons. The molecule has 5 rings (SSSR count). The molecule has 2 N–H and O–H groups in total. The molecule has 3 aromatic rings. The molecule has 2 aliphatic heterocycles. The topological polar surface area (TPSA) is 99.8 Å². The lowest BCUT2D eigenvalue weighted by Crippen LogP contribution is -2.46. The number of benzene rings is 1. The summed E-state index contributed by atoms with van der Waals surface area (Å²) in [5, 5.41) is 4.02. The number of pyridine rings is 1. The van der Waals surface area contributed by atoms with Gasteiger partial charge < -0.3 is 19.2 Å². The van der Waals surface area contributed by atoms with E-state index in [1.807, 2.05) is 11.8 Å². The van der Waals surface area contributed by atoms with Gasteiger partial charge in [0.25, 0.3) is 11.8 Å². The zero-order valence-corrected chi connectivity index (χ0v) is 20.3. The second kappa shape index (κ2) is 9.38. The number of fused-ring (bicyclic) bond motifs is 1. The molecule has 9 nitrogen and oxygen atoms in total. The average molecular weight is 500 g/mol. The van der Waals surface area contributed by atoms with E-state index >= 15 is 4.39 Å². The van der Waals surface area contributed by atoms with E-state index in [2.05, 4.69) is 10.7 Å². The van der Waals surface area contributed by atoms with Crippen molar-refractivity contribution in [2.45, 2.75) is 25.8 Å². The van der Waals surface area contributed by atoms with Crippen LogP contribution in [0.1, 0.15) is 34.2 Å². The normalized spacial score (nSPS) is 18.5. The van der Waals surface area contributed by atoms with Crippen LogP contribution in [0.5, 0.6) is 0 Å². The molecule has 2 aromatic heterocycles. The number of hydrazine groups is 1. The monoisotopic (exact) mass is 499 g/mol. The van der Waals surface area contributed by atoms with Gasteiger partial charge in [0.2, 0.25) is 5.43 Å². The lowest BCUT2D eigenvalue weighted by Gasteiger charge is -2.30. The van der Waals surface area contributed by atoms with Gasteiger partial charge in [-0.3, -0.25) is 19.8 Å². The van der Waals surface area contributed by atoms with Gasteiger partial charge in [0.05, 0.1) is 17.0 Å². The Hall–Kier alpha value is -3.31. The number of thioether (sulfide) groups is 1. The van der Waals surface area contributed by atoms with Crippen molar-refractivity contribution in [3.63, 3.8) is 0 Å². The number of piperazine rings is 1. The summed E-state index contributed by atoms with van der Waals surface area (Å²) in [5.41, 5.74) is 2.83. The van der Waals surface area contributed by atoms with E-state index in [4.69, 9.17) is 4.42 Å². The summed E-state index contributed by atoms with van der Waals surface area (Å²) in [6.07, 6.45) is 1.47. The molecule has 0 bridgehead atoms. The average Bonchev–Trinajstić information content (AvgIpc) is 3.45. The molecule has 0 radical (unpaired) electrons. The summed E-state index contributed by atoms with van der Waals surface area (Å²) >= 11 is 1.32. The fourth-order valence-corrected chi connectivity index (χ4v) is 5.53. The molecule has 0 saturated carbocycles. The lowest BCUT2D eigenvalue weighted by molar-refractivity contribution is -0.130. The number of nitrogens with zero attached hydrogens (tertiary/aromatic N) is 3. The number of hydrogen-bond donors (Lipinski definition) is 2. The van der Waals surface area contributed by atoms with Gasteiger partial charge in [-0.2, -0.15) is 0 Å². The number of amides is 2. The van der Waals surface area contributed by atoms with Crippen LogP contribution in [-0.2, 0) is 11.3 Å². The van der Waals surface area contributed by atoms with E-state index in [9.17, 15) is 14.4 Å². The maximum Gasteiger partial charge on any atom is 0.275 e. The fourth-order valence-electron chi connectivity index (χ4n) is 4.48. The second-order valence-electron chi connectivity index (χ2n) is 8.53. The molecule has 1 unspecified atom stereocenters.